The fourth-order valence-corrected chi connectivity index (χ4v) is 4.15. The number of benzene rings is 2. The minimum absolute atomic E-state index is 0.0644. The van der Waals surface area contributed by atoms with E-state index < -0.39 is 6.04 Å². The van der Waals surface area contributed by atoms with E-state index >= 15 is 0 Å². The maximum atomic E-state index is 13.3. The third kappa shape index (κ3) is 6.33. The normalized spacial score (nSPS) is 14.8. The van der Waals surface area contributed by atoms with Gasteiger partial charge in [0.2, 0.25) is 5.91 Å². The summed E-state index contributed by atoms with van der Waals surface area (Å²) in [4.78, 5) is 28.0. The molecule has 1 fully saturated rings. The lowest BCUT2D eigenvalue weighted by molar-refractivity contribution is -0.143. The van der Waals surface area contributed by atoms with Crippen molar-refractivity contribution in [3.8, 4) is 5.75 Å². The first-order chi connectivity index (χ1) is 15.0. The van der Waals surface area contributed by atoms with Crippen LogP contribution in [0.3, 0.4) is 0 Å². The van der Waals surface area contributed by atoms with Crippen LogP contribution in [-0.4, -0.2) is 35.4 Å². The van der Waals surface area contributed by atoms with Crippen LogP contribution < -0.4 is 10.1 Å². The standard InChI is InChI=1S/C26H34N2O3/c1-4-23(26(30)27-22-12-8-9-13-22)28(17-21-10-6-5-7-11-21)25(29)18-31-24-16-19(2)14-15-20(24)3/h5-7,10-11,14-16,22-23H,4,8-9,12-13,17-18H2,1-3H3,(H,27,30)/t23-/m1/s1. The number of nitrogens with zero attached hydrogens (tertiary/aromatic N) is 1. The van der Waals surface area contributed by atoms with Crippen LogP contribution in [0.1, 0.15) is 55.7 Å². The van der Waals surface area contributed by atoms with Gasteiger partial charge in [0.1, 0.15) is 11.8 Å². The van der Waals surface area contributed by atoms with Crippen molar-refractivity contribution in [3.63, 3.8) is 0 Å². The summed E-state index contributed by atoms with van der Waals surface area (Å²) in [7, 11) is 0. The summed E-state index contributed by atoms with van der Waals surface area (Å²) in [5.41, 5.74) is 3.06. The average Bonchev–Trinajstić information content (AvgIpc) is 3.27. The highest BCUT2D eigenvalue weighted by atomic mass is 16.5. The van der Waals surface area contributed by atoms with Gasteiger partial charge in [0.15, 0.2) is 6.61 Å². The Morgan fingerprint density at radius 1 is 1.10 bits per heavy atom. The number of carbonyl (C=O) groups excluding carboxylic acids is 2. The van der Waals surface area contributed by atoms with E-state index in [-0.39, 0.29) is 24.5 Å². The van der Waals surface area contributed by atoms with Crippen molar-refractivity contribution in [2.24, 2.45) is 0 Å². The largest absolute Gasteiger partial charge is 0.483 e. The molecule has 0 aliphatic heterocycles. The summed E-state index contributed by atoms with van der Waals surface area (Å²) in [5.74, 6) is 0.458. The van der Waals surface area contributed by atoms with Gasteiger partial charge in [-0.05, 0) is 55.9 Å². The summed E-state index contributed by atoms with van der Waals surface area (Å²) in [5, 5.41) is 3.17. The van der Waals surface area contributed by atoms with Crippen molar-refractivity contribution < 1.29 is 14.3 Å². The SMILES string of the molecule is CC[C@H](C(=O)NC1CCCC1)N(Cc1ccccc1)C(=O)COc1cc(C)ccc1C. The molecule has 2 aromatic carbocycles. The lowest BCUT2D eigenvalue weighted by Gasteiger charge is -2.31. The number of nitrogens with one attached hydrogen (secondary N) is 1. The summed E-state index contributed by atoms with van der Waals surface area (Å²) in [6.45, 7) is 6.20. The molecule has 1 N–H and O–H groups in total. The van der Waals surface area contributed by atoms with Crippen LogP contribution in [0.5, 0.6) is 5.75 Å². The van der Waals surface area contributed by atoms with Gasteiger partial charge in [-0.2, -0.15) is 0 Å². The fourth-order valence-electron chi connectivity index (χ4n) is 4.15. The number of amides is 2. The van der Waals surface area contributed by atoms with Crippen molar-refractivity contribution in [1.82, 2.24) is 10.2 Å². The molecule has 1 saturated carbocycles. The maximum absolute atomic E-state index is 13.3. The minimum atomic E-state index is -0.518. The molecule has 2 amide bonds. The lowest BCUT2D eigenvalue weighted by atomic mass is 10.1. The Morgan fingerprint density at radius 2 is 1.81 bits per heavy atom. The molecule has 0 saturated heterocycles. The third-order valence-corrected chi connectivity index (χ3v) is 5.98. The fraction of sp³-hybridized carbons (Fsp3) is 0.462. The summed E-state index contributed by atoms with van der Waals surface area (Å²) < 4.78 is 5.88. The van der Waals surface area contributed by atoms with Crippen molar-refractivity contribution in [2.45, 2.75) is 71.5 Å². The number of carbonyl (C=O) groups is 2. The van der Waals surface area contributed by atoms with Gasteiger partial charge >= 0.3 is 0 Å². The van der Waals surface area contributed by atoms with E-state index in [1.807, 2.05) is 69.3 Å². The number of aryl methyl sites for hydroxylation is 2. The van der Waals surface area contributed by atoms with E-state index in [1.165, 1.54) is 0 Å². The summed E-state index contributed by atoms with van der Waals surface area (Å²) in [6, 6.07) is 15.5. The van der Waals surface area contributed by atoms with Crippen LogP contribution in [0.2, 0.25) is 0 Å². The Balaban J connectivity index is 1.75. The van der Waals surface area contributed by atoms with Crippen LogP contribution in [0.15, 0.2) is 48.5 Å². The summed E-state index contributed by atoms with van der Waals surface area (Å²) >= 11 is 0. The highest BCUT2D eigenvalue weighted by Crippen LogP contribution is 2.21. The molecule has 5 heteroatoms. The first kappa shape index (κ1) is 22.9. The van der Waals surface area contributed by atoms with E-state index in [0.29, 0.717) is 18.7 Å². The Morgan fingerprint density at radius 3 is 2.48 bits per heavy atom. The molecule has 0 bridgehead atoms. The molecule has 0 unspecified atom stereocenters. The second-order valence-electron chi connectivity index (χ2n) is 8.48. The molecular formula is C26H34N2O3. The van der Waals surface area contributed by atoms with Gasteiger partial charge in [0, 0.05) is 12.6 Å². The second kappa shape index (κ2) is 11.0. The zero-order valence-corrected chi connectivity index (χ0v) is 18.9. The second-order valence-corrected chi connectivity index (χ2v) is 8.48. The number of hydrogen-bond donors (Lipinski definition) is 1. The van der Waals surface area contributed by atoms with Gasteiger partial charge in [-0.25, -0.2) is 0 Å². The topological polar surface area (TPSA) is 58.6 Å². The molecule has 166 valence electrons. The predicted octanol–water partition coefficient (Wildman–Crippen LogP) is 4.55. The number of hydrogen-bond acceptors (Lipinski definition) is 3. The first-order valence-corrected chi connectivity index (χ1v) is 11.3. The molecule has 3 rings (SSSR count). The van der Waals surface area contributed by atoms with Gasteiger partial charge in [-0.15, -0.1) is 0 Å². The van der Waals surface area contributed by atoms with Crippen LogP contribution >= 0.6 is 0 Å². The van der Waals surface area contributed by atoms with Gasteiger partial charge in [-0.1, -0.05) is 62.2 Å². The van der Waals surface area contributed by atoms with Crippen LogP contribution in [0, 0.1) is 13.8 Å². The summed E-state index contributed by atoms with van der Waals surface area (Å²) in [6.07, 6.45) is 4.89. The molecule has 2 aromatic rings. The molecule has 0 heterocycles. The zero-order valence-electron chi connectivity index (χ0n) is 18.9. The molecule has 1 aliphatic carbocycles. The van der Waals surface area contributed by atoms with Crippen LogP contribution in [0.25, 0.3) is 0 Å². The molecule has 1 atom stereocenters. The van der Waals surface area contributed by atoms with E-state index in [4.69, 9.17) is 4.74 Å². The Kier molecular flexibility index (Phi) is 8.10. The van der Waals surface area contributed by atoms with E-state index in [9.17, 15) is 9.59 Å². The predicted molar refractivity (Wildman–Crippen MR) is 123 cm³/mol. The highest BCUT2D eigenvalue weighted by molar-refractivity contribution is 5.88. The number of ether oxygens (including phenoxy) is 1. The van der Waals surface area contributed by atoms with Crippen LogP contribution in [0.4, 0.5) is 0 Å². The molecule has 0 spiro atoms. The van der Waals surface area contributed by atoms with Gasteiger partial charge in [0.25, 0.3) is 5.91 Å². The Bertz CT molecular complexity index is 875. The maximum Gasteiger partial charge on any atom is 0.261 e. The lowest BCUT2D eigenvalue weighted by Crippen LogP contribution is -2.52. The quantitative estimate of drug-likeness (QED) is 0.645. The average molecular weight is 423 g/mol. The van der Waals surface area contributed by atoms with Crippen molar-refractivity contribution in [3.05, 3.63) is 65.2 Å². The molecule has 5 nitrogen and oxygen atoms in total. The van der Waals surface area contributed by atoms with Crippen molar-refractivity contribution in [2.75, 3.05) is 6.61 Å². The third-order valence-electron chi connectivity index (χ3n) is 5.98. The number of rotatable bonds is 9. The van der Waals surface area contributed by atoms with Crippen LogP contribution in [-0.2, 0) is 16.1 Å². The van der Waals surface area contributed by atoms with Gasteiger partial charge in [0.05, 0.1) is 0 Å². The smallest absolute Gasteiger partial charge is 0.261 e. The van der Waals surface area contributed by atoms with Crippen molar-refractivity contribution >= 4 is 11.8 Å². The van der Waals surface area contributed by atoms with Gasteiger partial charge < -0.3 is 15.0 Å². The molecule has 0 radical (unpaired) electrons. The Labute approximate surface area is 185 Å². The molecule has 1 aliphatic rings. The van der Waals surface area contributed by atoms with E-state index in [1.54, 1.807) is 4.90 Å². The van der Waals surface area contributed by atoms with E-state index in [0.717, 1.165) is 42.4 Å². The highest BCUT2D eigenvalue weighted by Gasteiger charge is 2.30. The molecule has 31 heavy (non-hydrogen) atoms. The molecule has 0 aromatic heterocycles. The monoisotopic (exact) mass is 422 g/mol. The van der Waals surface area contributed by atoms with Gasteiger partial charge in [-0.3, -0.25) is 9.59 Å². The Hall–Kier alpha value is -2.82. The molecular weight excluding hydrogens is 388 g/mol. The van der Waals surface area contributed by atoms with Crippen molar-refractivity contribution in [1.29, 1.82) is 0 Å². The zero-order chi connectivity index (χ0) is 22.2. The minimum Gasteiger partial charge on any atom is -0.483 e. The first-order valence-electron chi connectivity index (χ1n) is 11.3. The van der Waals surface area contributed by atoms with E-state index in [2.05, 4.69) is 5.32 Å².